The van der Waals surface area contributed by atoms with Gasteiger partial charge in [0, 0.05) is 58.0 Å². The van der Waals surface area contributed by atoms with Gasteiger partial charge in [-0.1, -0.05) is 11.3 Å². The average molecular weight is 391 g/mol. The van der Waals surface area contributed by atoms with Crippen LogP contribution in [0.25, 0.3) is 10.2 Å². The molecule has 0 radical (unpaired) electrons. The molecule has 1 aromatic carbocycles. The highest BCUT2D eigenvalue weighted by molar-refractivity contribution is 7.22. The van der Waals surface area contributed by atoms with Gasteiger partial charge in [-0.2, -0.15) is 0 Å². The van der Waals surface area contributed by atoms with Crippen molar-refractivity contribution < 1.29 is 14.6 Å². The second-order valence-electron chi connectivity index (χ2n) is 6.82. The molecule has 1 amide bonds. The Kier molecular flexibility index (Phi) is 5.61. The van der Waals surface area contributed by atoms with Crippen molar-refractivity contribution in [3.05, 3.63) is 18.2 Å². The highest BCUT2D eigenvalue weighted by Gasteiger charge is 2.22. The van der Waals surface area contributed by atoms with Crippen LogP contribution in [-0.2, 0) is 4.74 Å². The van der Waals surface area contributed by atoms with E-state index in [-0.39, 0.29) is 0 Å². The van der Waals surface area contributed by atoms with Gasteiger partial charge in [0.05, 0.1) is 23.4 Å². The molecule has 4 rings (SSSR count). The van der Waals surface area contributed by atoms with Gasteiger partial charge in [-0.25, -0.2) is 9.78 Å². The van der Waals surface area contributed by atoms with Crippen LogP contribution in [0, 0.1) is 0 Å². The van der Waals surface area contributed by atoms with Gasteiger partial charge in [0.2, 0.25) is 0 Å². The quantitative estimate of drug-likeness (QED) is 0.805. The maximum Gasteiger partial charge on any atom is 0.407 e. The van der Waals surface area contributed by atoms with Crippen LogP contribution in [0.15, 0.2) is 18.2 Å². The Balaban J connectivity index is 1.35. The van der Waals surface area contributed by atoms with E-state index in [1.165, 1.54) is 4.90 Å². The molecule has 0 saturated carbocycles. The minimum atomic E-state index is -0.841. The Morgan fingerprint density at radius 2 is 1.96 bits per heavy atom. The van der Waals surface area contributed by atoms with Crippen molar-refractivity contribution in [3.8, 4) is 0 Å². The number of benzene rings is 1. The van der Waals surface area contributed by atoms with Crippen molar-refractivity contribution in [2.75, 3.05) is 75.8 Å². The lowest BCUT2D eigenvalue weighted by Crippen LogP contribution is -2.48. The molecule has 2 aliphatic heterocycles. The van der Waals surface area contributed by atoms with Gasteiger partial charge in [0.15, 0.2) is 5.13 Å². The van der Waals surface area contributed by atoms with Crippen molar-refractivity contribution >= 4 is 38.5 Å². The first kappa shape index (κ1) is 18.3. The topological polar surface area (TPSA) is 81.2 Å². The van der Waals surface area contributed by atoms with Gasteiger partial charge in [0.25, 0.3) is 0 Å². The number of piperazine rings is 1. The summed E-state index contributed by atoms with van der Waals surface area (Å²) in [5.41, 5.74) is 2.11. The molecule has 3 heterocycles. The third kappa shape index (κ3) is 4.42. The first-order valence-electron chi connectivity index (χ1n) is 9.36. The molecule has 2 saturated heterocycles. The van der Waals surface area contributed by atoms with E-state index in [0.29, 0.717) is 26.2 Å². The Morgan fingerprint density at radius 1 is 1.19 bits per heavy atom. The molecule has 2 aromatic rings. The standard InChI is InChI=1S/C18H25N5O3S/c24-18(25)23-7-5-22(6-8-23)17-20-15-2-1-14(13-16(15)27-17)19-3-4-21-9-11-26-12-10-21/h1-2,13,19H,3-12H2,(H,24,25). The second kappa shape index (κ2) is 8.28. The van der Waals surface area contributed by atoms with E-state index >= 15 is 0 Å². The van der Waals surface area contributed by atoms with Crippen LogP contribution in [-0.4, -0.2) is 91.6 Å². The number of carboxylic acid groups (broad SMARTS) is 1. The molecule has 2 aliphatic rings. The van der Waals surface area contributed by atoms with Gasteiger partial charge < -0.3 is 25.0 Å². The summed E-state index contributed by atoms with van der Waals surface area (Å²) in [4.78, 5) is 21.8. The third-order valence-electron chi connectivity index (χ3n) is 5.06. The van der Waals surface area contributed by atoms with Crippen molar-refractivity contribution in [2.45, 2.75) is 0 Å². The number of anilines is 2. The van der Waals surface area contributed by atoms with Gasteiger partial charge in [-0.15, -0.1) is 0 Å². The van der Waals surface area contributed by atoms with Crippen molar-refractivity contribution in [3.63, 3.8) is 0 Å². The Bertz CT molecular complexity index is 784. The summed E-state index contributed by atoms with van der Waals surface area (Å²) >= 11 is 1.67. The summed E-state index contributed by atoms with van der Waals surface area (Å²) in [6.07, 6.45) is -0.841. The van der Waals surface area contributed by atoms with E-state index in [0.717, 1.165) is 60.4 Å². The smallest absolute Gasteiger partial charge is 0.407 e. The minimum absolute atomic E-state index is 0.527. The van der Waals surface area contributed by atoms with Gasteiger partial charge in [-0.05, 0) is 18.2 Å². The zero-order chi connectivity index (χ0) is 18.6. The van der Waals surface area contributed by atoms with Crippen molar-refractivity contribution in [2.24, 2.45) is 0 Å². The van der Waals surface area contributed by atoms with E-state index in [2.05, 4.69) is 33.3 Å². The number of hydrogen-bond acceptors (Lipinski definition) is 7. The highest BCUT2D eigenvalue weighted by atomic mass is 32.1. The molecule has 2 fully saturated rings. The van der Waals surface area contributed by atoms with E-state index in [9.17, 15) is 4.79 Å². The number of thiazole rings is 1. The van der Waals surface area contributed by atoms with Crippen LogP contribution >= 0.6 is 11.3 Å². The molecule has 1 aromatic heterocycles. The molecule has 0 spiro atoms. The molecular weight excluding hydrogens is 366 g/mol. The Morgan fingerprint density at radius 3 is 2.70 bits per heavy atom. The van der Waals surface area contributed by atoms with Crippen LogP contribution in [0.4, 0.5) is 15.6 Å². The summed E-state index contributed by atoms with van der Waals surface area (Å²) in [7, 11) is 0. The third-order valence-corrected chi connectivity index (χ3v) is 6.14. The number of morpholine rings is 1. The van der Waals surface area contributed by atoms with E-state index in [1.807, 2.05) is 0 Å². The molecule has 0 aliphatic carbocycles. The number of aromatic nitrogens is 1. The van der Waals surface area contributed by atoms with Gasteiger partial charge >= 0.3 is 6.09 Å². The van der Waals surface area contributed by atoms with Gasteiger partial charge in [-0.3, -0.25) is 4.90 Å². The number of amides is 1. The predicted molar refractivity (Wildman–Crippen MR) is 107 cm³/mol. The molecular formula is C18H25N5O3S. The van der Waals surface area contributed by atoms with Crippen LogP contribution in [0.5, 0.6) is 0 Å². The number of fused-ring (bicyclic) bond motifs is 1. The number of nitrogens with one attached hydrogen (secondary N) is 1. The summed E-state index contributed by atoms with van der Waals surface area (Å²) in [5.74, 6) is 0. The van der Waals surface area contributed by atoms with Crippen LogP contribution < -0.4 is 10.2 Å². The lowest BCUT2D eigenvalue weighted by Gasteiger charge is -2.32. The lowest BCUT2D eigenvalue weighted by atomic mass is 10.3. The number of ether oxygens (including phenoxy) is 1. The van der Waals surface area contributed by atoms with E-state index in [1.54, 1.807) is 11.3 Å². The molecule has 0 bridgehead atoms. The normalized spacial score (nSPS) is 18.8. The lowest BCUT2D eigenvalue weighted by molar-refractivity contribution is 0.0398. The first-order valence-corrected chi connectivity index (χ1v) is 10.2. The largest absolute Gasteiger partial charge is 0.465 e. The van der Waals surface area contributed by atoms with E-state index in [4.69, 9.17) is 14.8 Å². The van der Waals surface area contributed by atoms with Gasteiger partial charge in [0.1, 0.15) is 0 Å². The van der Waals surface area contributed by atoms with Crippen LogP contribution in [0.2, 0.25) is 0 Å². The zero-order valence-electron chi connectivity index (χ0n) is 15.3. The first-order chi connectivity index (χ1) is 13.2. The zero-order valence-corrected chi connectivity index (χ0v) is 16.1. The van der Waals surface area contributed by atoms with Crippen LogP contribution in [0.3, 0.4) is 0 Å². The summed E-state index contributed by atoms with van der Waals surface area (Å²) < 4.78 is 6.53. The second-order valence-corrected chi connectivity index (χ2v) is 7.83. The van der Waals surface area contributed by atoms with Crippen LogP contribution in [0.1, 0.15) is 0 Å². The summed E-state index contributed by atoms with van der Waals surface area (Å²) in [6, 6.07) is 6.29. The summed E-state index contributed by atoms with van der Waals surface area (Å²) in [6.45, 7) is 8.04. The molecule has 2 N–H and O–H groups in total. The number of nitrogens with zero attached hydrogens (tertiary/aromatic N) is 4. The molecule has 146 valence electrons. The van der Waals surface area contributed by atoms with Crippen molar-refractivity contribution in [1.29, 1.82) is 0 Å². The van der Waals surface area contributed by atoms with E-state index < -0.39 is 6.09 Å². The Labute approximate surface area is 162 Å². The number of hydrogen-bond donors (Lipinski definition) is 2. The SMILES string of the molecule is O=C(O)N1CCN(c2nc3ccc(NCCN4CCOCC4)cc3s2)CC1. The average Bonchev–Trinajstić information content (AvgIpc) is 3.12. The minimum Gasteiger partial charge on any atom is -0.465 e. The monoisotopic (exact) mass is 391 g/mol. The highest BCUT2D eigenvalue weighted by Crippen LogP contribution is 2.31. The summed E-state index contributed by atoms with van der Waals surface area (Å²) in [5, 5.41) is 13.5. The predicted octanol–water partition coefficient (Wildman–Crippen LogP) is 1.84. The molecule has 9 heteroatoms. The fourth-order valence-corrected chi connectivity index (χ4v) is 4.49. The maximum atomic E-state index is 11.0. The van der Waals surface area contributed by atoms with Crippen molar-refractivity contribution in [1.82, 2.24) is 14.8 Å². The Hall–Kier alpha value is -2.10. The fraction of sp³-hybridized carbons (Fsp3) is 0.556. The molecule has 8 nitrogen and oxygen atoms in total. The maximum absolute atomic E-state index is 11.0. The number of carbonyl (C=O) groups is 1. The number of rotatable bonds is 5. The molecule has 0 atom stereocenters. The molecule has 27 heavy (non-hydrogen) atoms. The fourth-order valence-electron chi connectivity index (χ4n) is 3.43. The molecule has 0 unspecified atom stereocenters.